The van der Waals surface area contributed by atoms with Crippen LogP contribution in [0.2, 0.25) is 0 Å². The van der Waals surface area contributed by atoms with E-state index in [-0.39, 0.29) is 11.3 Å². The lowest BCUT2D eigenvalue weighted by Crippen LogP contribution is -2.05. The maximum Gasteiger partial charge on any atom is 0.416 e. The Morgan fingerprint density at radius 3 is 2.29 bits per heavy atom. The van der Waals surface area contributed by atoms with Crippen LogP contribution in [-0.2, 0) is 6.18 Å². The quantitative estimate of drug-likeness (QED) is 0.716. The maximum atomic E-state index is 12.7. The summed E-state index contributed by atoms with van der Waals surface area (Å²) >= 11 is 0. The molecule has 0 bridgehead atoms. The predicted molar refractivity (Wildman–Crippen MR) is 76.6 cm³/mol. The van der Waals surface area contributed by atoms with Crippen molar-refractivity contribution in [3.8, 4) is 11.1 Å². The number of alkyl halides is 3. The Kier molecular flexibility index (Phi) is 3.05. The van der Waals surface area contributed by atoms with Gasteiger partial charge in [0.15, 0.2) is 0 Å². The molecule has 0 aliphatic carbocycles. The van der Waals surface area contributed by atoms with Crippen LogP contribution < -0.4 is 5.73 Å². The van der Waals surface area contributed by atoms with E-state index in [1.165, 1.54) is 6.07 Å². The van der Waals surface area contributed by atoms with Crippen LogP contribution >= 0.6 is 0 Å². The number of anilines is 1. The van der Waals surface area contributed by atoms with Gasteiger partial charge in [-0.05, 0) is 23.8 Å². The van der Waals surface area contributed by atoms with Crippen LogP contribution in [0, 0.1) is 0 Å². The molecule has 1 aromatic heterocycles. The molecule has 0 amide bonds. The first-order chi connectivity index (χ1) is 9.95. The van der Waals surface area contributed by atoms with Gasteiger partial charge in [-0.25, -0.2) is 4.98 Å². The summed E-state index contributed by atoms with van der Waals surface area (Å²) in [5.74, 6) is 0.216. The van der Waals surface area contributed by atoms with Gasteiger partial charge in [0.1, 0.15) is 5.82 Å². The van der Waals surface area contributed by atoms with E-state index >= 15 is 0 Å². The molecule has 3 aromatic rings. The van der Waals surface area contributed by atoms with Gasteiger partial charge < -0.3 is 5.73 Å². The minimum absolute atomic E-state index is 0.216. The molecule has 2 aromatic carbocycles. The molecule has 3 rings (SSSR count). The van der Waals surface area contributed by atoms with Gasteiger partial charge in [0.05, 0.1) is 11.1 Å². The van der Waals surface area contributed by atoms with E-state index in [1.807, 2.05) is 30.3 Å². The molecule has 2 nitrogen and oxygen atoms in total. The second-order valence-electron chi connectivity index (χ2n) is 4.69. The van der Waals surface area contributed by atoms with Crippen LogP contribution in [0.3, 0.4) is 0 Å². The lowest BCUT2D eigenvalue weighted by molar-refractivity contribution is -0.137. The van der Waals surface area contributed by atoms with Crippen molar-refractivity contribution in [2.24, 2.45) is 0 Å². The second kappa shape index (κ2) is 4.77. The van der Waals surface area contributed by atoms with Gasteiger partial charge in [0, 0.05) is 10.9 Å². The lowest BCUT2D eigenvalue weighted by atomic mass is 10.0. The lowest BCUT2D eigenvalue weighted by Gasteiger charge is -2.10. The Balaban J connectivity index is 2.18. The molecule has 0 radical (unpaired) electrons. The van der Waals surface area contributed by atoms with E-state index in [4.69, 9.17) is 5.73 Å². The Labute approximate surface area is 119 Å². The van der Waals surface area contributed by atoms with Crippen LogP contribution in [0.15, 0.2) is 54.6 Å². The summed E-state index contributed by atoms with van der Waals surface area (Å²) in [5, 5.41) is 0.621. The van der Waals surface area contributed by atoms with Crippen LogP contribution in [0.1, 0.15) is 5.56 Å². The fourth-order valence-corrected chi connectivity index (χ4v) is 2.21. The fraction of sp³-hybridized carbons (Fsp3) is 0.0625. The number of halogens is 3. The topological polar surface area (TPSA) is 38.9 Å². The Hall–Kier alpha value is -2.56. The van der Waals surface area contributed by atoms with Gasteiger partial charge in [0.25, 0.3) is 0 Å². The minimum Gasteiger partial charge on any atom is -0.383 e. The minimum atomic E-state index is -4.39. The SMILES string of the molecule is Nc1nc2cc(C(F)(F)F)ccc2cc1-c1ccccc1. The molecule has 21 heavy (non-hydrogen) atoms. The number of hydrogen-bond acceptors (Lipinski definition) is 2. The average Bonchev–Trinajstić information content (AvgIpc) is 2.46. The van der Waals surface area contributed by atoms with Crippen molar-refractivity contribution >= 4 is 16.7 Å². The van der Waals surface area contributed by atoms with Crippen molar-refractivity contribution in [2.45, 2.75) is 6.18 Å². The van der Waals surface area contributed by atoms with Gasteiger partial charge in [-0.2, -0.15) is 13.2 Å². The number of fused-ring (bicyclic) bond motifs is 1. The maximum absolute atomic E-state index is 12.7. The summed E-state index contributed by atoms with van der Waals surface area (Å²) in [6.07, 6.45) is -4.39. The normalized spacial score (nSPS) is 11.8. The summed E-state index contributed by atoms with van der Waals surface area (Å²) in [7, 11) is 0. The summed E-state index contributed by atoms with van der Waals surface area (Å²) in [6.45, 7) is 0. The number of rotatable bonds is 1. The van der Waals surface area contributed by atoms with Crippen molar-refractivity contribution in [2.75, 3.05) is 5.73 Å². The van der Waals surface area contributed by atoms with Crippen molar-refractivity contribution in [3.05, 3.63) is 60.2 Å². The molecule has 0 atom stereocenters. The summed E-state index contributed by atoms with van der Waals surface area (Å²) < 4.78 is 38.1. The van der Waals surface area contributed by atoms with E-state index in [0.717, 1.165) is 17.7 Å². The van der Waals surface area contributed by atoms with Crippen molar-refractivity contribution in [3.63, 3.8) is 0 Å². The zero-order valence-corrected chi connectivity index (χ0v) is 10.9. The number of aromatic nitrogens is 1. The fourth-order valence-electron chi connectivity index (χ4n) is 2.21. The summed E-state index contributed by atoms with van der Waals surface area (Å²) in [6, 6.07) is 14.6. The van der Waals surface area contributed by atoms with Gasteiger partial charge >= 0.3 is 6.18 Å². The third-order valence-corrected chi connectivity index (χ3v) is 3.26. The zero-order valence-electron chi connectivity index (χ0n) is 10.9. The van der Waals surface area contributed by atoms with Crippen LogP contribution in [-0.4, -0.2) is 4.98 Å². The van der Waals surface area contributed by atoms with Gasteiger partial charge in [-0.15, -0.1) is 0 Å². The molecular weight excluding hydrogens is 277 g/mol. The van der Waals surface area contributed by atoms with Gasteiger partial charge in [-0.3, -0.25) is 0 Å². The molecule has 0 aliphatic heterocycles. The molecule has 0 aliphatic rings. The van der Waals surface area contributed by atoms with E-state index in [2.05, 4.69) is 4.98 Å². The first kappa shape index (κ1) is 13.4. The van der Waals surface area contributed by atoms with E-state index in [1.54, 1.807) is 6.07 Å². The highest BCUT2D eigenvalue weighted by Gasteiger charge is 2.30. The Bertz CT molecular complexity index is 796. The molecule has 0 fully saturated rings. The highest BCUT2D eigenvalue weighted by atomic mass is 19.4. The number of nitrogens with zero attached hydrogens (tertiary/aromatic N) is 1. The second-order valence-corrected chi connectivity index (χ2v) is 4.69. The monoisotopic (exact) mass is 288 g/mol. The molecule has 5 heteroatoms. The van der Waals surface area contributed by atoms with Crippen LogP contribution in [0.5, 0.6) is 0 Å². The average molecular weight is 288 g/mol. The Morgan fingerprint density at radius 1 is 0.905 bits per heavy atom. The number of pyridine rings is 1. The first-order valence-corrected chi connectivity index (χ1v) is 6.28. The third-order valence-electron chi connectivity index (χ3n) is 3.26. The van der Waals surface area contributed by atoms with E-state index in [9.17, 15) is 13.2 Å². The smallest absolute Gasteiger partial charge is 0.383 e. The van der Waals surface area contributed by atoms with Crippen LogP contribution in [0.25, 0.3) is 22.0 Å². The molecule has 1 heterocycles. The third kappa shape index (κ3) is 2.54. The van der Waals surface area contributed by atoms with Gasteiger partial charge in [0.2, 0.25) is 0 Å². The Morgan fingerprint density at radius 2 is 1.62 bits per heavy atom. The molecule has 2 N–H and O–H groups in total. The molecule has 0 spiro atoms. The first-order valence-electron chi connectivity index (χ1n) is 6.28. The van der Waals surface area contributed by atoms with Crippen molar-refractivity contribution in [1.82, 2.24) is 4.98 Å². The van der Waals surface area contributed by atoms with E-state index in [0.29, 0.717) is 10.9 Å². The number of nitrogen functional groups attached to an aromatic ring is 1. The molecule has 0 unspecified atom stereocenters. The van der Waals surface area contributed by atoms with Gasteiger partial charge in [-0.1, -0.05) is 36.4 Å². The molecule has 0 saturated heterocycles. The zero-order chi connectivity index (χ0) is 15.0. The standard InChI is InChI=1S/C16H11F3N2/c17-16(18,19)12-7-6-11-8-13(10-4-2-1-3-5-10)15(20)21-14(11)9-12/h1-9H,(H2,20,21). The van der Waals surface area contributed by atoms with E-state index < -0.39 is 11.7 Å². The summed E-state index contributed by atoms with van der Waals surface area (Å²) in [4.78, 5) is 4.10. The summed E-state index contributed by atoms with van der Waals surface area (Å²) in [5.41, 5.74) is 6.99. The van der Waals surface area contributed by atoms with Crippen molar-refractivity contribution < 1.29 is 13.2 Å². The number of benzene rings is 2. The predicted octanol–water partition coefficient (Wildman–Crippen LogP) is 4.50. The van der Waals surface area contributed by atoms with Crippen LogP contribution in [0.4, 0.5) is 19.0 Å². The molecule has 0 saturated carbocycles. The number of hydrogen-bond donors (Lipinski definition) is 1. The molecular formula is C16H11F3N2. The highest BCUT2D eigenvalue weighted by molar-refractivity contribution is 5.89. The molecule has 106 valence electrons. The number of nitrogens with two attached hydrogens (primary N) is 1. The highest BCUT2D eigenvalue weighted by Crippen LogP contribution is 2.33. The largest absolute Gasteiger partial charge is 0.416 e. The van der Waals surface area contributed by atoms with Crippen molar-refractivity contribution in [1.29, 1.82) is 0 Å².